The Bertz CT molecular complexity index is 146. The van der Waals surface area contributed by atoms with E-state index in [4.69, 9.17) is 25.5 Å². The van der Waals surface area contributed by atoms with Gasteiger partial charge < -0.3 is 30.3 Å². The van der Waals surface area contributed by atoms with Crippen molar-refractivity contribution in [1.29, 1.82) is 0 Å². The van der Waals surface area contributed by atoms with Gasteiger partial charge in [0.2, 0.25) is 0 Å². The lowest BCUT2D eigenvalue weighted by Gasteiger charge is -2.37. The van der Waals surface area contributed by atoms with Crippen LogP contribution in [0.2, 0.25) is 0 Å². The summed E-state index contributed by atoms with van der Waals surface area (Å²) in [5.74, 6) is 0. The van der Waals surface area contributed by atoms with Crippen molar-refractivity contribution in [3.05, 3.63) is 0 Å². The minimum atomic E-state index is -1.57. The van der Waals surface area contributed by atoms with Gasteiger partial charge in [-0.2, -0.15) is 0 Å². The van der Waals surface area contributed by atoms with Gasteiger partial charge in [0.1, 0.15) is 24.4 Å². The molecule has 12 heavy (non-hydrogen) atoms. The number of ether oxygens (including phenoxy) is 1. The molecule has 0 aromatic carbocycles. The molecule has 1 aliphatic heterocycles. The molecule has 0 radical (unpaired) electrons. The highest BCUT2D eigenvalue weighted by Crippen LogP contribution is 2.18. The van der Waals surface area contributed by atoms with Gasteiger partial charge >= 0.3 is 0 Å². The second-order valence-electron chi connectivity index (χ2n) is 2.72. The van der Waals surface area contributed by atoms with Crippen LogP contribution < -0.4 is 0 Å². The van der Waals surface area contributed by atoms with E-state index in [1.165, 1.54) is 0 Å². The first-order chi connectivity index (χ1) is 5.57. The van der Waals surface area contributed by atoms with Crippen LogP contribution in [0.1, 0.15) is 0 Å². The van der Waals surface area contributed by atoms with E-state index in [0.29, 0.717) is 0 Å². The van der Waals surface area contributed by atoms with Gasteiger partial charge in [0.25, 0.3) is 0 Å². The fourth-order valence-electron chi connectivity index (χ4n) is 1.08. The summed E-state index contributed by atoms with van der Waals surface area (Å²) in [6.07, 6.45) is -7.04. The normalized spacial score (nSPS) is 49.2. The van der Waals surface area contributed by atoms with Gasteiger partial charge in [-0.25, -0.2) is 0 Å². The Morgan fingerprint density at radius 2 is 1.50 bits per heavy atom. The first-order valence-corrected chi connectivity index (χ1v) is 3.56. The van der Waals surface area contributed by atoms with Crippen molar-refractivity contribution in [2.45, 2.75) is 30.7 Å². The third-order valence-electron chi connectivity index (χ3n) is 1.87. The Balaban J connectivity index is 2.63. The first-order valence-electron chi connectivity index (χ1n) is 3.56. The molecule has 0 aromatic rings. The molecule has 0 saturated carbocycles. The van der Waals surface area contributed by atoms with E-state index in [2.05, 4.69) is 4.74 Å². The fourth-order valence-corrected chi connectivity index (χ4v) is 1.08. The molecule has 3 unspecified atom stereocenters. The molecule has 0 spiro atoms. The summed E-state index contributed by atoms with van der Waals surface area (Å²) in [5.41, 5.74) is 0. The van der Waals surface area contributed by atoms with Crippen LogP contribution in [0.4, 0.5) is 0 Å². The Morgan fingerprint density at radius 3 is 2.00 bits per heavy atom. The van der Waals surface area contributed by atoms with E-state index in [1.54, 1.807) is 0 Å². The van der Waals surface area contributed by atoms with Crippen molar-refractivity contribution < 1.29 is 30.3 Å². The summed E-state index contributed by atoms with van der Waals surface area (Å²) in [6.45, 7) is -0.526. The average Bonchev–Trinajstić information content (AvgIpc) is 2.08. The zero-order chi connectivity index (χ0) is 9.30. The quantitative estimate of drug-likeness (QED) is 0.290. The molecule has 1 heterocycles. The minimum Gasteiger partial charge on any atom is -0.394 e. The Morgan fingerprint density at radius 1 is 0.917 bits per heavy atom. The number of aliphatic hydroxyl groups excluding tert-OH is 5. The number of hydrogen-bond donors (Lipinski definition) is 5. The molecule has 1 saturated heterocycles. The molecular formula is C6H12O6. The molecule has 1 fully saturated rings. The van der Waals surface area contributed by atoms with Crippen molar-refractivity contribution in [2.24, 2.45) is 0 Å². The third-order valence-corrected chi connectivity index (χ3v) is 1.87. The van der Waals surface area contributed by atoms with Gasteiger partial charge in [-0.1, -0.05) is 0 Å². The van der Waals surface area contributed by atoms with Crippen LogP contribution in [0.3, 0.4) is 0 Å². The SMILES string of the molecule is OCC1O[C@@H](O)C(O)C(O)[C@@H]1O. The number of hydrogen-bond acceptors (Lipinski definition) is 6. The average molecular weight is 180 g/mol. The smallest absolute Gasteiger partial charge is 0.184 e. The second-order valence-corrected chi connectivity index (χ2v) is 2.72. The van der Waals surface area contributed by atoms with Gasteiger partial charge in [0.05, 0.1) is 6.61 Å². The fraction of sp³-hybridized carbons (Fsp3) is 1.00. The summed E-state index contributed by atoms with van der Waals surface area (Å²) >= 11 is 0. The first kappa shape index (κ1) is 9.85. The third kappa shape index (κ3) is 1.58. The van der Waals surface area contributed by atoms with Gasteiger partial charge in [0.15, 0.2) is 6.29 Å². The van der Waals surface area contributed by atoms with Crippen LogP contribution in [0.25, 0.3) is 0 Å². The van der Waals surface area contributed by atoms with Crippen LogP contribution in [0.5, 0.6) is 0 Å². The van der Waals surface area contributed by atoms with Gasteiger partial charge in [-0.15, -0.1) is 0 Å². The molecule has 5 N–H and O–H groups in total. The maximum Gasteiger partial charge on any atom is 0.184 e. The minimum absolute atomic E-state index is 0.526. The zero-order valence-corrected chi connectivity index (χ0v) is 6.24. The van der Waals surface area contributed by atoms with Crippen LogP contribution in [0.15, 0.2) is 0 Å². The molecule has 1 aliphatic rings. The molecule has 0 aliphatic carbocycles. The summed E-state index contributed by atoms with van der Waals surface area (Å²) < 4.78 is 4.58. The van der Waals surface area contributed by atoms with Crippen molar-refractivity contribution in [3.8, 4) is 0 Å². The lowest BCUT2D eigenvalue weighted by atomic mass is 10.00. The zero-order valence-electron chi connectivity index (χ0n) is 6.24. The van der Waals surface area contributed by atoms with Crippen LogP contribution in [-0.4, -0.2) is 62.8 Å². The van der Waals surface area contributed by atoms with Crippen LogP contribution in [0, 0.1) is 0 Å². The van der Waals surface area contributed by atoms with Crippen molar-refractivity contribution in [2.75, 3.05) is 6.61 Å². The Kier molecular flexibility index (Phi) is 2.99. The molecule has 0 amide bonds. The summed E-state index contributed by atoms with van der Waals surface area (Å²) in [6, 6.07) is 0. The molecule has 6 nitrogen and oxygen atoms in total. The van der Waals surface area contributed by atoms with E-state index >= 15 is 0 Å². The largest absolute Gasteiger partial charge is 0.394 e. The van der Waals surface area contributed by atoms with E-state index in [9.17, 15) is 0 Å². The standard InChI is InChI=1S/C6H12O6/c7-1-2-3(8)4(9)5(10)6(11)12-2/h2-11H,1H2/t2?,3-,4?,5?,6-/m1/s1. The molecule has 6 heteroatoms. The monoisotopic (exact) mass is 180 g/mol. The summed E-state index contributed by atoms with van der Waals surface area (Å²) in [7, 11) is 0. The molecule has 72 valence electrons. The predicted molar refractivity (Wildman–Crippen MR) is 36.0 cm³/mol. The lowest BCUT2D eigenvalue weighted by Crippen LogP contribution is -2.58. The van der Waals surface area contributed by atoms with Crippen molar-refractivity contribution >= 4 is 0 Å². The van der Waals surface area contributed by atoms with Gasteiger partial charge in [0, 0.05) is 0 Å². The molecule has 0 bridgehead atoms. The second kappa shape index (κ2) is 3.65. The predicted octanol–water partition coefficient (Wildman–Crippen LogP) is -3.22. The highest BCUT2D eigenvalue weighted by molar-refractivity contribution is 4.87. The molecule has 0 aromatic heterocycles. The summed E-state index contributed by atoms with van der Waals surface area (Å²) in [5, 5.41) is 44.7. The highest BCUT2D eigenvalue weighted by atomic mass is 16.6. The van der Waals surface area contributed by atoms with Crippen molar-refractivity contribution in [1.82, 2.24) is 0 Å². The van der Waals surface area contributed by atoms with E-state index in [-0.39, 0.29) is 0 Å². The number of aliphatic hydroxyl groups is 5. The highest BCUT2D eigenvalue weighted by Gasteiger charge is 2.42. The van der Waals surface area contributed by atoms with Gasteiger partial charge in [-0.05, 0) is 0 Å². The molecule has 5 atom stereocenters. The Labute approximate surface area is 68.6 Å². The van der Waals surface area contributed by atoms with Crippen LogP contribution >= 0.6 is 0 Å². The molecule has 1 rings (SSSR count). The van der Waals surface area contributed by atoms with E-state index in [0.717, 1.165) is 0 Å². The van der Waals surface area contributed by atoms with E-state index in [1.807, 2.05) is 0 Å². The lowest BCUT2D eigenvalue weighted by molar-refractivity contribution is -0.286. The number of rotatable bonds is 1. The van der Waals surface area contributed by atoms with Crippen LogP contribution in [-0.2, 0) is 4.74 Å². The topological polar surface area (TPSA) is 110 Å². The maximum atomic E-state index is 9.12. The molecular weight excluding hydrogens is 168 g/mol. The summed E-state index contributed by atoms with van der Waals surface area (Å²) in [4.78, 5) is 0. The van der Waals surface area contributed by atoms with E-state index < -0.39 is 37.3 Å². The van der Waals surface area contributed by atoms with Crippen molar-refractivity contribution in [3.63, 3.8) is 0 Å². The maximum absolute atomic E-state index is 9.12. The Hall–Kier alpha value is -0.240. The van der Waals surface area contributed by atoms with Gasteiger partial charge in [-0.3, -0.25) is 0 Å².